The van der Waals surface area contributed by atoms with Crippen molar-refractivity contribution in [3.05, 3.63) is 47.9 Å². The second-order valence-electron chi connectivity index (χ2n) is 6.51. The molecule has 7 nitrogen and oxygen atoms in total. The zero-order valence-corrected chi connectivity index (χ0v) is 14.6. The zero-order chi connectivity index (χ0) is 17.8. The highest BCUT2D eigenvalue weighted by atomic mass is 16.7. The Morgan fingerprint density at radius 2 is 1.92 bits per heavy atom. The number of carbonyl (C=O) groups is 1. The van der Waals surface area contributed by atoms with Gasteiger partial charge in [-0.05, 0) is 29.8 Å². The van der Waals surface area contributed by atoms with Crippen LogP contribution in [0.25, 0.3) is 0 Å². The summed E-state index contributed by atoms with van der Waals surface area (Å²) in [6.07, 6.45) is 2.36. The molecule has 138 valence electrons. The maximum absolute atomic E-state index is 12.3. The number of furan rings is 1. The van der Waals surface area contributed by atoms with Gasteiger partial charge in [0.15, 0.2) is 11.5 Å². The van der Waals surface area contributed by atoms with Gasteiger partial charge in [-0.25, -0.2) is 4.79 Å². The highest BCUT2D eigenvalue weighted by molar-refractivity contribution is 5.74. The Labute approximate surface area is 152 Å². The number of urea groups is 1. The fourth-order valence-electron chi connectivity index (χ4n) is 3.27. The lowest BCUT2D eigenvalue weighted by molar-refractivity contribution is 0.135. The van der Waals surface area contributed by atoms with Gasteiger partial charge in [-0.3, -0.25) is 4.90 Å². The summed E-state index contributed by atoms with van der Waals surface area (Å²) in [5, 5.41) is 2.96. The largest absolute Gasteiger partial charge is 0.469 e. The van der Waals surface area contributed by atoms with Gasteiger partial charge in [0.05, 0.1) is 6.26 Å². The molecule has 3 heterocycles. The molecule has 1 aromatic carbocycles. The Kier molecular flexibility index (Phi) is 4.97. The van der Waals surface area contributed by atoms with E-state index in [1.165, 1.54) is 5.56 Å². The molecule has 2 amide bonds. The molecule has 2 aliphatic rings. The van der Waals surface area contributed by atoms with Crippen LogP contribution in [0.2, 0.25) is 0 Å². The topological polar surface area (TPSA) is 67.2 Å². The van der Waals surface area contributed by atoms with Crippen LogP contribution in [0.4, 0.5) is 4.79 Å². The maximum atomic E-state index is 12.3. The molecular weight excluding hydrogens is 334 g/mol. The summed E-state index contributed by atoms with van der Waals surface area (Å²) in [5.74, 6) is 2.51. The number of nitrogens with one attached hydrogen (secondary N) is 1. The molecule has 0 radical (unpaired) electrons. The highest BCUT2D eigenvalue weighted by Crippen LogP contribution is 2.32. The Hall–Kier alpha value is -2.67. The standard InChI is InChI=1S/C19H23N3O4/c23-19(20-6-5-16-2-1-11-24-16)22-9-7-21(8-10-22)13-15-3-4-17-18(12-15)26-14-25-17/h1-4,11-12H,5-10,13-14H2,(H,20,23). The molecule has 0 atom stereocenters. The molecule has 1 aromatic heterocycles. The van der Waals surface area contributed by atoms with Gasteiger partial charge in [-0.15, -0.1) is 0 Å². The number of hydrogen-bond donors (Lipinski definition) is 1. The molecule has 7 heteroatoms. The van der Waals surface area contributed by atoms with Gasteiger partial charge in [-0.1, -0.05) is 6.07 Å². The first-order valence-corrected chi connectivity index (χ1v) is 8.94. The van der Waals surface area contributed by atoms with Crippen LogP contribution in [-0.4, -0.2) is 55.3 Å². The van der Waals surface area contributed by atoms with Gasteiger partial charge in [-0.2, -0.15) is 0 Å². The van der Waals surface area contributed by atoms with Crippen LogP contribution in [-0.2, 0) is 13.0 Å². The fraction of sp³-hybridized carbons (Fsp3) is 0.421. The molecule has 2 aromatic rings. The van der Waals surface area contributed by atoms with Gasteiger partial charge >= 0.3 is 6.03 Å². The average Bonchev–Trinajstić information content (AvgIpc) is 3.33. The van der Waals surface area contributed by atoms with E-state index in [4.69, 9.17) is 13.9 Å². The van der Waals surface area contributed by atoms with Crippen LogP contribution in [0, 0.1) is 0 Å². The number of amides is 2. The van der Waals surface area contributed by atoms with Gasteiger partial charge in [0.1, 0.15) is 5.76 Å². The number of hydrogen-bond acceptors (Lipinski definition) is 5. The van der Waals surface area contributed by atoms with E-state index in [1.54, 1.807) is 6.26 Å². The molecule has 0 spiro atoms. The lowest BCUT2D eigenvalue weighted by Gasteiger charge is -2.34. The SMILES string of the molecule is O=C(NCCc1ccco1)N1CCN(Cc2ccc3c(c2)OCO3)CC1. The molecule has 0 unspecified atom stereocenters. The van der Waals surface area contributed by atoms with Crippen molar-refractivity contribution in [3.63, 3.8) is 0 Å². The van der Waals surface area contributed by atoms with Crippen molar-refractivity contribution in [2.24, 2.45) is 0 Å². The minimum Gasteiger partial charge on any atom is -0.469 e. The number of benzene rings is 1. The minimum absolute atomic E-state index is 0.000661. The Morgan fingerprint density at radius 3 is 2.73 bits per heavy atom. The van der Waals surface area contributed by atoms with Crippen molar-refractivity contribution in [1.82, 2.24) is 15.1 Å². The number of ether oxygens (including phenoxy) is 2. The summed E-state index contributed by atoms with van der Waals surface area (Å²) in [6.45, 7) is 4.93. The molecule has 1 saturated heterocycles. The van der Waals surface area contributed by atoms with Crippen molar-refractivity contribution in [1.29, 1.82) is 0 Å². The number of nitrogens with zero attached hydrogens (tertiary/aromatic N) is 2. The maximum Gasteiger partial charge on any atom is 0.317 e. The van der Waals surface area contributed by atoms with Crippen LogP contribution < -0.4 is 14.8 Å². The normalized spacial score (nSPS) is 16.7. The molecule has 0 bridgehead atoms. The molecular formula is C19H23N3O4. The van der Waals surface area contributed by atoms with Crippen LogP contribution >= 0.6 is 0 Å². The number of piperazine rings is 1. The number of fused-ring (bicyclic) bond motifs is 1. The van der Waals surface area contributed by atoms with Crippen molar-refractivity contribution >= 4 is 6.03 Å². The van der Waals surface area contributed by atoms with E-state index in [1.807, 2.05) is 29.2 Å². The van der Waals surface area contributed by atoms with E-state index in [0.29, 0.717) is 19.8 Å². The number of carbonyl (C=O) groups excluding carboxylic acids is 1. The third kappa shape index (κ3) is 3.94. The Bertz CT molecular complexity index is 739. The van der Waals surface area contributed by atoms with Crippen LogP contribution in [0.3, 0.4) is 0 Å². The van der Waals surface area contributed by atoms with Gasteiger partial charge in [0.2, 0.25) is 6.79 Å². The molecule has 0 saturated carbocycles. The quantitative estimate of drug-likeness (QED) is 0.887. The first kappa shape index (κ1) is 16.8. The monoisotopic (exact) mass is 357 g/mol. The fourth-order valence-corrected chi connectivity index (χ4v) is 3.27. The van der Waals surface area contributed by atoms with Crippen molar-refractivity contribution in [2.75, 3.05) is 39.5 Å². The van der Waals surface area contributed by atoms with Crippen molar-refractivity contribution < 1.29 is 18.7 Å². The smallest absolute Gasteiger partial charge is 0.317 e. The molecule has 26 heavy (non-hydrogen) atoms. The van der Waals surface area contributed by atoms with E-state index >= 15 is 0 Å². The van der Waals surface area contributed by atoms with Crippen molar-refractivity contribution in [2.45, 2.75) is 13.0 Å². The second kappa shape index (κ2) is 7.70. The van der Waals surface area contributed by atoms with Gasteiger partial charge in [0, 0.05) is 45.7 Å². The number of rotatable bonds is 5. The van der Waals surface area contributed by atoms with Crippen LogP contribution in [0.5, 0.6) is 11.5 Å². The molecule has 1 fully saturated rings. The predicted molar refractivity (Wildman–Crippen MR) is 95.2 cm³/mol. The summed E-state index contributed by atoms with van der Waals surface area (Å²) in [6, 6.07) is 9.84. The lowest BCUT2D eigenvalue weighted by Crippen LogP contribution is -2.51. The van der Waals surface area contributed by atoms with Crippen LogP contribution in [0.1, 0.15) is 11.3 Å². The molecule has 1 N–H and O–H groups in total. The summed E-state index contributed by atoms with van der Waals surface area (Å²) in [7, 11) is 0. The first-order chi connectivity index (χ1) is 12.8. The average molecular weight is 357 g/mol. The summed E-state index contributed by atoms with van der Waals surface area (Å²) in [5.41, 5.74) is 1.20. The predicted octanol–water partition coefficient (Wildman–Crippen LogP) is 2.08. The lowest BCUT2D eigenvalue weighted by atomic mass is 10.1. The zero-order valence-electron chi connectivity index (χ0n) is 14.6. The molecule has 0 aliphatic carbocycles. The van der Waals surface area contributed by atoms with E-state index in [0.717, 1.165) is 50.0 Å². The Balaban J connectivity index is 1.20. The molecule has 2 aliphatic heterocycles. The third-order valence-corrected chi connectivity index (χ3v) is 4.73. The summed E-state index contributed by atoms with van der Waals surface area (Å²) < 4.78 is 16.1. The van der Waals surface area contributed by atoms with E-state index in [-0.39, 0.29) is 6.03 Å². The first-order valence-electron chi connectivity index (χ1n) is 8.94. The van der Waals surface area contributed by atoms with Gasteiger partial charge in [0.25, 0.3) is 0 Å². The second-order valence-corrected chi connectivity index (χ2v) is 6.51. The van der Waals surface area contributed by atoms with E-state index in [9.17, 15) is 4.79 Å². The van der Waals surface area contributed by atoms with E-state index in [2.05, 4.69) is 16.3 Å². The summed E-state index contributed by atoms with van der Waals surface area (Å²) in [4.78, 5) is 16.5. The summed E-state index contributed by atoms with van der Waals surface area (Å²) >= 11 is 0. The Morgan fingerprint density at radius 1 is 1.08 bits per heavy atom. The highest BCUT2D eigenvalue weighted by Gasteiger charge is 2.21. The van der Waals surface area contributed by atoms with Crippen LogP contribution in [0.15, 0.2) is 41.0 Å². The van der Waals surface area contributed by atoms with E-state index < -0.39 is 0 Å². The van der Waals surface area contributed by atoms with Crippen molar-refractivity contribution in [3.8, 4) is 11.5 Å². The molecule has 4 rings (SSSR count). The van der Waals surface area contributed by atoms with Gasteiger partial charge < -0.3 is 24.1 Å². The minimum atomic E-state index is -0.000661. The third-order valence-electron chi connectivity index (χ3n) is 4.73.